The Hall–Kier alpha value is -4.40. The van der Waals surface area contributed by atoms with E-state index >= 15 is 0 Å². The maximum Gasteiger partial charge on any atom is 0.280 e. The van der Waals surface area contributed by atoms with Crippen molar-refractivity contribution >= 4 is 47.0 Å². The fourth-order valence-electron chi connectivity index (χ4n) is 3.92. The number of aromatic nitrogens is 4. The Balaban J connectivity index is 1.34. The molecule has 2 aromatic heterocycles. The van der Waals surface area contributed by atoms with Crippen molar-refractivity contribution in [3.8, 4) is 11.4 Å². The lowest BCUT2D eigenvalue weighted by atomic mass is 10.2. The Kier molecular flexibility index (Phi) is 7.00. The van der Waals surface area contributed by atoms with Gasteiger partial charge in [-0.1, -0.05) is 35.3 Å². The van der Waals surface area contributed by atoms with Gasteiger partial charge in [0, 0.05) is 33.9 Å². The molecule has 0 saturated carbocycles. The van der Waals surface area contributed by atoms with E-state index in [1.54, 1.807) is 72.8 Å². The predicted molar refractivity (Wildman–Crippen MR) is 153 cm³/mol. The highest BCUT2D eigenvalue weighted by Crippen LogP contribution is 2.20. The van der Waals surface area contributed by atoms with Crippen molar-refractivity contribution in [3.63, 3.8) is 0 Å². The summed E-state index contributed by atoms with van der Waals surface area (Å²) in [5, 5.41) is 7.19. The first-order valence-corrected chi connectivity index (χ1v) is 12.4. The van der Waals surface area contributed by atoms with E-state index in [2.05, 4.69) is 20.2 Å². The van der Waals surface area contributed by atoms with Gasteiger partial charge in [-0.15, -0.1) is 0 Å². The smallest absolute Gasteiger partial charge is 0.280 e. The van der Waals surface area contributed by atoms with Crippen molar-refractivity contribution in [2.24, 2.45) is 9.98 Å². The lowest BCUT2D eigenvalue weighted by Gasteiger charge is -2.01. The molecule has 5 aromatic rings. The minimum Gasteiger partial charge on any atom is -0.295 e. The quantitative estimate of drug-likeness (QED) is 0.253. The van der Waals surface area contributed by atoms with E-state index in [4.69, 9.17) is 23.2 Å². The Bertz CT molecular complexity index is 1670. The van der Waals surface area contributed by atoms with Gasteiger partial charge in [0.15, 0.2) is 0 Å². The first-order chi connectivity index (χ1) is 18.3. The third kappa shape index (κ3) is 5.18. The molecular weight excluding hydrogens is 523 g/mol. The van der Waals surface area contributed by atoms with Crippen molar-refractivity contribution < 1.29 is 0 Å². The number of aromatic amines is 2. The molecule has 0 aliphatic carbocycles. The fraction of sp³-hybridized carbons (Fsp3) is 0.0714. The van der Waals surface area contributed by atoms with E-state index < -0.39 is 0 Å². The summed E-state index contributed by atoms with van der Waals surface area (Å²) in [6, 6.07) is 21.2. The van der Waals surface area contributed by atoms with Crippen molar-refractivity contribution in [1.29, 1.82) is 0 Å². The van der Waals surface area contributed by atoms with Crippen LogP contribution in [-0.2, 0) is 0 Å². The third-order valence-corrected chi connectivity index (χ3v) is 6.37. The molecule has 2 N–H and O–H groups in total. The number of aryl methyl sites for hydroxylation is 2. The van der Waals surface area contributed by atoms with Gasteiger partial charge in [0.2, 0.25) is 0 Å². The van der Waals surface area contributed by atoms with Gasteiger partial charge < -0.3 is 0 Å². The molecule has 0 aliphatic rings. The molecule has 0 fully saturated rings. The second-order valence-electron chi connectivity index (χ2n) is 8.57. The monoisotopic (exact) mass is 544 g/mol. The standard InChI is InChI=1S/C28H22Cl2N6O2/c1-17-25(27(37)35(33-17)23-7-3-5-19(29)13-23)15-31-21-9-11-22(12-10-21)32-16-26-18(2)34-36(28(26)38)24-8-4-6-20(30)14-24/h3-16,33-34H,1-2H3. The number of aliphatic imine (C=N–C) groups is 2. The zero-order valence-corrected chi connectivity index (χ0v) is 22.0. The number of hydrogen-bond donors (Lipinski definition) is 2. The maximum absolute atomic E-state index is 12.9. The fourth-order valence-corrected chi connectivity index (χ4v) is 4.29. The SMILES string of the molecule is Cc1[nH]n(-c2cccc(Cl)c2)c(=O)c1C=Nc1ccc(N=Cc2c(C)[nH]n(-c3cccc(Cl)c3)c2=O)cc1. The summed E-state index contributed by atoms with van der Waals surface area (Å²) in [5.41, 5.74) is 4.42. The van der Waals surface area contributed by atoms with Crippen LogP contribution >= 0.6 is 23.2 Å². The van der Waals surface area contributed by atoms with Crippen LogP contribution in [0.15, 0.2) is 92.4 Å². The molecule has 0 aliphatic heterocycles. The lowest BCUT2D eigenvalue weighted by molar-refractivity contribution is 0.835. The highest BCUT2D eigenvalue weighted by atomic mass is 35.5. The molecule has 0 spiro atoms. The molecule has 0 radical (unpaired) electrons. The van der Waals surface area contributed by atoms with Crippen molar-refractivity contribution in [2.45, 2.75) is 13.8 Å². The van der Waals surface area contributed by atoms with Crippen LogP contribution in [0.1, 0.15) is 22.5 Å². The lowest BCUT2D eigenvalue weighted by Crippen LogP contribution is -2.17. The average Bonchev–Trinajstić information content (AvgIpc) is 3.35. The van der Waals surface area contributed by atoms with E-state index in [1.165, 1.54) is 21.8 Å². The molecule has 8 nitrogen and oxygen atoms in total. The minimum atomic E-state index is -0.222. The van der Waals surface area contributed by atoms with Crippen LogP contribution in [-0.4, -0.2) is 32.0 Å². The average molecular weight is 545 g/mol. The zero-order valence-electron chi connectivity index (χ0n) is 20.4. The van der Waals surface area contributed by atoms with Crippen LogP contribution in [0.25, 0.3) is 11.4 Å². The van der Waals surface area contributed by atoms with E-state index in [-0.39, 0.29) is 11.1 Å². The summed E-state index contributed by atoms with van der Waals surface area (Å²) < 4.78 is 2.87. The van der Waals surface area contributed by atoms with Crippen molar-refractivity contribution in [1.82, 2.24) is 19.6 Å². The van der Waals surface area contributed by atoms with Crippen LogP contribution in [0.4, 0.5) is 11.4 Å². The van der Waals surface area contributed by atoms with Gasteiger partial charge in [0.05, 0.1) is 33.9 Å². The summed E-state index contributed by atoms with van der Waals surface area (Å²) in [6.45, 7) is 3.62. The topological polar surface area (TPSA) is 100 Å². The molecule has 2 heterocycles. The van der Waals surface area contributed by atoms with E-state index in [9.17, 15) is 9.59 Å². The molecule has 0 saturated heterocycles. The Morgan fingerprint density at radius 1 is 0.658 bits per heavy atom. The highest BCUT2D eigenvalue weighted by Gasteiger charge is 2.12. The van der Waals surface area contributed by atoms with Crippen molar-refractivity contribution in [2.75, 3.05) is 0 Å². The van der Waals surface area contributed by atoms with E-state index in [0.717, 1.165) is 0 Å². The first kappa shape index (κ1) is 25.3. The molecule has 3 aromatic carbocycles. The number of rotatable bonds is 6. The van der Waals surface area contributed by atoms with Crippen molar-refractivity contribution in [3.05, 3.63) is 126 Å². The summed E-state index contributed by atoms with van der Waals surface area (Å²) in [4.78, 5) is 34.7. The van der Waals surface area contributed by atoms with Gasteiger partial charge in [-0.25, -0.2) is 9.36 Å². The molecule has 190 valence electrons. The molecule has 0 bridgehead atoms. The largest absolute Gasteiger partial charge is 0.295 e. The second kappa shape index (κ2) is 10.5. The number of H-pyrrole nitrogens is 2. The molecule has 38 heavy (non-hydrogen) atoms. The van der Waals surface area contributed by atoms with E-state index in [1.807, 2.05) is 13.8 Å². The third-order valence-electron chi connectivity index (χ3n) is 5.90. The summed E-state index contributed by atoms with van der Waals surface area (Å²) in [7, 11) is 0. The summed E-state index contributed by atoms with van der Waals surface area (Å²) >= 11 is 12.1. The molecule has 10 heteroatoms. The minimum absolute atomic E-state index is 0.222. The zero-order chi connectivity index (χ0) is 26.8. The Labute approximate surface area is 227 Å². The predicted octanol–water partition coefficient (Wildman–Crippen LogP) is 6.07. The van der Waals surface area contributed by atoms with Gasteiger partial charge in [-0.3, -0.25) is 29.8 Å². The van der Waals surface area contributed by atoms with Crippen LogP contribution in [0.3, 0.4) is 0 Å². The highest BCUT2D eigenvalue weighted by molar-refractivity contribution is 6.31. The normalized spacial score (nSPS) is 11.7. The van der Waals surface area contributed by atoms with Gasteiger partial charge in [-0.2, -0.15) is 0 Å². The van der Waals surface area contributed by atoms with Gasteiger partial charge in [-0.05, 0) is 74.5 Å². The molecule has 0 unspecified atom stereocenters. The number of nitrogens with one attached hydrogen (secondary N) is 2. The number of benzene rings is 3. The molecular formula is C28H22Cl2N6O2. The Morgan fingerprint density at radius 2 is 1.05 bits per heavy atom. The van der Waals surface area contributed by atoms with Crippen LogP contribution < -0.4 is 11.1 Å². The molecule has 0 atom stereocenters. The second-order valence-corrected chi connectivity index (χ2v) is 9.45. The number of hydrogen-bond acceptors (Lipinski definition) is 4. The first-order valence-electron chi connectivity index (χ1n) is 11.6. The van der Waals surface area contributed by atoms with Crippen LogP contribution in [0.5, 0.6) is 0 Å². The van der Waals surface area contributed by atoms with Gasteiger partial charge in [0.25, 0.3) is 11.1 Å². The molecule has 5 rings (SSSR count). The maximum atomic E-state index is 12.9. The van der Waals surface area contributed by atoms with Gasteiger partial charge >= 0.3 is 0 Å². The van der Waals surface area contributed by atoms with Gasteiger partial charge in [0.1, 0.15) is 0 Å². The van der Waals surface area contributed by atoms with E-state index in [0.29, 0.717) is 55.3 Å². The van der Waals surface area contributed by atoms with Crippen LogP contribution in [0, 0.1) is 13.8 Å². The number of nitrogens with zero attached hydrogens (tertiary/aromatic N) is 4. The molecule has 0 amide bonds. The van der Waals surface area contributed by atoms with Crippen LogP contribution in [0.2, 0.25) is 10.0 Å². The summed E-state index contributed by atoms with van der Waals surface area (Å²) in [5.74, 6) is 0. The number of halogens is 2. The Morgan fingerprint density at radius 3 is 1.42 bits per heavy atom. The summed E-state index contributed by atoms with van der Waals surface area (Å²) in [6.07, 6.45) is 3.07.